The SMILES string of the molecule is CCC(NCCCCN1CCCNC(=O)C1)C(C)Cc1cccc(S(=O)(=O)c2ccc3c(c2)OCO3)c1. The first kappa shape index (κ1) is 27.4. The summed E-state index contributed by atoms with van der Waals surface area (Å²) in [6, 6.07) is 12.3. The van der Waals surface area contributed by atoms with Gasteiger partial charge in [0.1, 0.15) is 0 Å². The highest BCUT2D eigenvalue weighted by atomic mass is 32.2. The summed E-state index contributed by atoms with van der Waals surface area (Å²) < 4.78 is 37.2. The van der Waals surface area contributed by atoms with Gasteiger partial charge in [0.05, 0.1) is 16.3 Å². The number of sulfone groups is 1. The van der Waals surface area contributed by atoms with E-state index in [1.54, 1.807) is 24.3 Å². The lowest BCUT2D eigenvalue weighted by Crippen LogP contribution is -2.37. The predicted molar refractivity (Wildman–Crippen MR) is 143 cm³/mol. The molecule has 0 saturated carbocycles. The smallest absolute Gasteiger partial charge is 0.234 e. The molecule has 1 saturated heterocycles. The Balaban J connectivity index is 1.29. The fourth-order valence-electron chi connectivity index (χ4n) is 5.09. The number of nitrogens with one attached hydrogen (secondary N) is 2. The molecule has 2 aromatic rings. The van der Waals surface area contributed by atoms with Crippen LogP contribution in [-0.4, -0.2) is 64.8 Å². The van der Waals surface area contributed by atoms with Crippen LogP contribution in [0.1, 0.15) is 45.1 Å². The van der Waals surface area contributed by atoms with E-state index in [1.165, 1.54) is 6.07 Å². The number of fused-ring (bicyclic) bond motifs is 1. The van der Waals surface area contributed by atoms with Gasteiger partial charge in [0.2, 0.25) is 22.5 Å². The summed E-state index contributed by atoms with van der Waals surface area (Å²) in [7, 11) is -3.66. The lowest BCUT2D eigenvalue weighted by molar-refractivity contribution is -0.121. The Kier molecular flexibility index (Phi) is 9.45. The second-order valence-corrected chi connectivity index (χ2v) is 12.0. The van der Waals surface area contributed by atoms with Crippen molar-refractivity contribution in [2.75, 3.05) is 39.5 Å². The number of benzene rings is 2. The van der Waals surface area contributed by atoms with Crippen molar-refractivity contribution < 1.29 is 22.7 Å². The number of carbonyl (C=O) groups is 1. The molecule has 8 nitrogen and oxygen atoms in total. The number of ether oxygens (including phenoxy) is 2. The molecule has 0 aliphatic carbocycles. The third-order valence-electron chi connectivity index (χ3n) is 7.20. The standard InChI is InChI=1S/C28H39N3O5S/c1-3-25(29-12-4-5-14-31-15-7-13-30-28(32)19-31)21(2)16-22-8-6-9-23(17-22)37(33,34)24-10-11-26-27(18-24)36-20-35-26/h6,8-11,17-18,21,25,29H,3-5,7,12-16,19-20H2,1-2H3,(H,30,32). The molecule has 2 aliphatic rings. The zero-order valence-corrected chi connectivity index (χ0v) is 22.7. The molecule has 1 fully saturated rings. The Morgan fingerprint density at radius 2 is 1.89 bits per heavy atom. The summed E-state index contributed by atoms with van der Waals surface area (Å²) in [6.45, 7) is 8.65. The van der Waals surface area contributed by atoms with Crippen molar-refractivity contribution in [2.45, 2.75) is 61.8 Å². The van der Waals surface area contributed by atoms with E-state index in [0.29, 0.717) is 34.9 Å². The van der Waals surface area contributed by atoms with E-state index >= 15 is 0 Å². The maximum absolute atomic E-state index is 13.3. The summed E-state index contributed by atoms with van der Waals surface area (Å²) in [5.41, 5.74) is 1.01. The largest absolute Gasteiger partial charge is 0.454 e. The van der Waals surface area contributed by atoms with Gasteiger partial charge in [-0.1, -0.05) is 26.0 Å². The van der Waals surface area contributed by atoms with Crippen LogP contribution in [0.5, 0.6) is 11.5 Å². The summed E-state index contributed by atoms with van der Waals surface area (Å²) >= 11 is 0. The van der Waals surface area contributed by atoms with Gasteiger partial charge in [-0.05, 0) is 80.9 Å². The molecular weight excluding hydrogens is 490 g/mol. The second-order valence-electron chi connectivity index (χ2n) is 10.0. The minimum atomic E-state index is -3.66. The number of carbonyl (C=O) groups excluding carboxylic acids is 1. The van der Waals surface area contributed by atoms with Crippen molar-refractivity contribution in [3.05, 3.63) is 48.0 Å². The van der Waals surface area contributed by atoms with Crippen molar-refractivity contribution in [3.63, 3.8) is 0 Å². The first-order chi connectivity index (χ1) is 17.9. The quantitative estimate of drug-likeness (QED) is 0.407. The molecule has 0 aromatic heterocycles. The molecule has 2 unspecified atom stereocenters. The van der Waals surface area contributed by atoms with Gasteiger partial charge < -0.3 is 20.1 Å². The molecule has 0 bridgehead atoms. The van der Waals surface area contributed by atoms with Gasteiger partial charge in [0.25, 0.3) is 0 Å². The van der Waals surface area contributed by atoms with Crippen molar-refractivity contribution in [1.29, 1.82) is 0 Å². The molecule has 2 aliphatic heterocycles. The zero-order chi connectivity index (χ0) is 26.3. The average Bonchev–Trinajstić information content (AvgIpc) is 3.26. The molecule has 202 valence electrons. The first-order valence-corrected chi connectivity index (χ1v) is 14.8. The predicted octanol–water partition coefficient (Wildman–Crippen LogP) is 3.40. The van der Waals surface area contributed by atoms with Crippen LogP contribution in [0.25, 0.3) is 0 Å². The van der Waals surface area contributed by atoms with Crippen molar-refractivity contribution in [3.8, 4) is 11.5 Å². The fourth-order valence-corrected chi connectivity index (χ4v) is 6.43. The Hall–Kier alpha value is -2.62. The lowest BCUT2D eigenvalue weighted by Gasteiger charge is -2.25. The van der Waals surface area contributed by atoms with Gasteiger partial charge >= 0.3 is 0 Å². The van der Waals surface area contributed by atoms with Crippen LogP contribution in [0.2, 0.25) is 0 Å². The van der Waals surface area contributed by atoms with Crippen LogP contribution in [0, 0.1) is 5.92 Å². The third kappa shape index (κ3) is 7.24. The highest BCUT2D eigenvalue weighted by molar-refractivity contribution is 7.91. The van der Waals surface area contributed by atoms with Crippen LogP contribution in [0.15, 0.2) is 52.3 Å². The average molecular weight is 530 g/mol. The number of nitrogens with zero attached hydrogens (tertiary/aromatic N) is 1. The van der Waals surface area contributed by atoms with Gasteiger partial charge in [-0.2, -0.15) is 0 Å². The Labute approximate surface area is 220 Å². The molecule has 1 amide bonds. The maximum Gasteiger partial charge on any atom is 0.234 e. The van der Waals surface area contributed by atoms with Gasteiger partial charge in [0, 0.05) is 25.2 Å². The fraction of sp³-hybridized carbons (Fsp3) is 0.536. The van der Waals surface area contributed by atoms with Crippen LogP contribution in [0.3, 0.4) is 0 Å². The molecule has 0 radical (unpaired) electrons. The lowest BCUT2D eigenvalue weighted by atomic mass is 9.92. The minimum absolute atomic E-state index is 0.107. The van der Waals surface area contributed by atoms with E-state index in [-0.39, 0.29) is 17.6 Å². The summed E-state index contributed by atoms with van der Waals surface area (Å²) in [6.07, 6.45) is 4.93. The zero-order valence-electron chi connectivity index (χ0n) is 21.9. The number of rotatable bonds is 12. The highest BCUT2D eigenvalue weighted by Gasteiger charge is 2.23. The number of hydrogen-bond donors (Lipinski definition) is 2. The third-order valence-corrected chi connectivity index (χ3v) is 8.94. The first-order valence-electron chi connectivity index (χ1n) is 13.3. The number of amides is 1. The molecule has 4 rings (SSSR count). The van der Waals surface area contributed by atoms with Crippen LogP contribution >= 0.6 is 0 Å². The molecule has 2 atom stereocenters. The van der Waals surface area contributed by atoms with Crippen LogP contribution < -0.4 is 20.1 Å². The van der Waals surface area contributed by atoms with E-state index < -0.39 is 9.84 Å². The molecule has 37 heavy (non-hydrogen) atoms. The second kappa shape index (κ2) is 12.8. The van der Waals surface area contributed by atoms with Crippen molar-refractivity contribution >= 4 is 15.7 Å². The number of hydrogen-bond acceptors (Lipinski definition) is 7. The minimum Gasteiger partial charge on any atom is -0.454 e. The monoisotopic (exact) mass is 529 g/mol. The van der Waals surface area contributed by atoms with E-state index in [2.05, 4.69) is 29.4 Å². The van der Waals surface area contributed by atoms with Crippen molar-refractivity contribution in [1.82, 2.24) is 15.5 Å². The number of unbranched alkanes of at least 4 members (excludes halogenated alkanes) is 1. The molecule has 2 N–H and O–H groups in total. The Bertz CT molecular complexity index is 1170. The van der Waals surface area contributed by atoms with Gasteiger partial charge in [-0.15, -0.1) is 0 Å². The van der Waals surface area contributed by atoms with E-state index in [0.717, 1.165) is 63.8 Å². The summed E-state index contributed by atoms with van der Waals surface area (Å²) in [5, 5.41) is 6.62. The molecule has 9 heteroatoms. The highest BCUT2D eigenvalue weighted by Crippen LogP contribution is 2.35. The van der Waals surface area contributed by atoms with E-state index in [1.807, 2.05) is 12.1 Å². The molecule has 2 heterocycles. The van der Waals surface area contributed by atoms with E-state index in [4.69, 9.17) is 9.47 Å². The van der Waals surface area contributed by atoms with Gasteiger partial charge in [-0.25, -0.2) is 8.42 Å². The maximum atomic E-state index is 13.3. The topological polar surface area (TPSA) is 97.0 Å². The van der Waals surface area contributed by atoms with Crippen molar-refractivity contribution in [2.24, 2.45) is 5.92 Å². The Morgan fingerprint density at radius 1 is 1.08 bits per heavy atom. The normalized spacial score (nSPS) is 17.7. The molecular formula is C28H39N3O5S. The molecule has 2 aromatic carbocycles. The van der Waals surface area contributed by atoms with E-state index in [9.17, 15) is 13.2 Å². The van der Waals surface area contributed by atoms with Crippen LogP contribution in [0.4, 0.5) is 0 Å². The van der Waals surface area contributed by atoms with Gasteiger partial charge in [0.15, 0.2) is 11.5 Å². The summed E-state index contributed by atoms with van der Waals surface area (Å²) in [5.74, 6) is 1.50. The van der Waals surface area contributed by atoms with Crippen LogP contribution in [-0.2, 0) is 21.1 Å². The molecule has 0 spiro atoms. The summed E-state index contributed by atoms with van der Waals surface area (Å²) in [4.78, 5) is 14.5. The Morgan fingerprint density at radius 3 is 2.73 bits per heavy atom. The van der Waals surface area contributed by atoms with Gasteiger partial charge in [-0.3, -0.25) is 9.69 Å².